The number of thioether (sulfide) groups is 1. The molecule has 1 N–H and O–H groups in total. The largest absolute Gasteiger partial charge is 0.314 e. The minimum absolute atomic E-state index is 0.767. The zero-order valence-electron chi connectivity index (χ0n) is 12.3. The van der Waals surface area contributed by atoms with E-state index >= 15 is 0 Å². The van der Waals surface area contributed by atoms with Gasteiger partial charge in [-0.1, -0.05) is 43.2 Å². The predicted molar refractivity (Wildman–Crippen MR) is 86.8 cm³/mol. The average Bonchev–Trinajstić information content (AvgIpc) is 2.43. The third kappa shape index (κ3) is 5.19. The number of benzene rings is 1. The van der Waals surface area contributed by atoms with E-state index in [1.165, 1.54) is 55.5 Å². The normalized spacial score (nSPS) is 23.5. The third-order valence-electron chi connectivity index (χ3n) is 3.88. The van der Waals surface area contributed by atoms with Crippen molar-refractivity contribution in [1.82, 2.24) is 5.32 Å². The number of rotatable bonds is 6. The zero-order valence-corrected chi connectivity index (χ0v) is 13.1. The topological polar surface area (TPSA) is 12.0 Å². The van der Waals surface area contributed by atoms with Gasteiger partial charge in [0.2, 0.25) is 0 Å². The number of hydrogen-bond donors (Lipinski definition) is 1. The molecule has 106 valence electrons. The van der Waals surface area contributed by atoms with E-state index in [1.807, 2.05) is 0 Å². The molecule has 0 amide bonds. The fraction of sp³-hybridized carbons (Fsp3) is 0.647. The first-order chi connectivity index (χ1) is 9.28. The van der Waals surface area contributed by atoms with Crippen LogP contribution in [0.2, 0.25) is 0 Å². The van der Waals surface area contributed by atoms with Gasteiger partial charge in [0.05, 0.1) is 0 Å². The van der Waals surface area contributed by atoms with E-state index < -0.39 is 0 Å². The van der Waals surface area contributed by atoms with Crippen LogP contribution in [0.5, 0.6) is 0 Å². The Bertz CT molecular complexity index is 377. The highest BCUT2D eigenvalue weighted by Gasteiger charge is 2.21. The molecule has 2 unspecified atom stereocenters. The van der Waals surface area contributed by atoms with Gasteiger partial charge in [0, 0.05) is 17.0 Å². The summed E-state index contributed by atoms with van der Waals surface area (Å²) >= 11 is 2.16. The van der Waals surface area contributed by atoms with E-state index in [0.29, 0.717) is 0 Å². The molecule has 2 rings (SSSR count). The molecule has 0 saturated heterocycles. The van der Waals surface area contributed by atoms with Gasteiger partial charge >= 0.3 is 0 Å². The van der Waals surface area contributed by atoms with Crippen molar-refractivity contribution < 1.29 is 0 Å². The standard InChI is InChI=1S/C17H27NS/c1-3-10-18-16-8-5-9-17(12-16)19-13-15-7-4-6-14(2)11-15/h4,6-7,11,16-18H,3,5,8-10,12-13H2,1-2H3. The Morgan fingerprint density at radius 2 is 2.21 bits per heavy atom. The van der Waals surface area contributed by atoms with Gasteiger partial charge in [-0.2, -0.15) is 11.8 Å². The maximum absolute atomic E-state index is 3.70. The summed E-state index contributed by atoms with van der Waals surface area (Å²) in [6, 6.07) is 9.71. The maximum atomic E-state index is 3.70. The van der Waals surface area contributed by atoms with Gasteiger partial charge < -0.3 is 5.32 Å². The monoisotopic (exact) mass is 277 g/mol. The Hall–Kier alpha value is -0.470. The van der Waals surface area contributed by atoms with Crippen LogP contribution < -0.4 is 5.32 Å². The molecule has 19 heavy (non-hydrogen) atoms. The summed E-state index contributed by atoms with van der Waals surface area (Å²) in [5.74, 6) is 1.17. The van der Waals surface area contributed by atoms with Crippen LogP contribution in [0.4, 0.5) is 0 Å². The summed E-state index contributed by atoms with van der Waals surface area (Å²) in [6.45, 7) is 5.61. The number of aryl methyl sites for hydroxylation is 1. The Balaban J connectivity index is 1.76. The van der Waals surface area contributed by atoms with E-state index in [-0.39, 0.29) is 0 Å². The van der Waals surface area contributed by atoms with Crippen molar-refractivity contribution in [1.29, 1.82) is 0 Å². The van der Waals surface area contributed by atoms with Gasteiger partial charge in [-0.05, 0) is 44.7 Å². The van der Waals surface area contributed by atoms with E-state index in [9.17, 15) is 0 Å². The fourth-order valence-electron chi connectivity index (χ4n) is 2.85. The number of nitrogens with one attached hydrogen (secondary N) is 1. The molecule has 0 aromatic heterocycles. The summed E-state index contributed by atoms with van der Waals surface area (Å²) in [7, 11) is 0. The highest BCUT2D eigenvalue weighted by molar-refractivity contribution is 7.99. The summed E-state index contributed by atoms with van der Waals surface area (Å²) in [5.41, 5.74) is 2.86. The molecule has 0 bridgehead atoms. The highest BCUT2D eigenvalue weighted by atomic mass is 32.2. The Kier molecular flexibility index (Phi) is 6.25. The minimum atomic E-state index is 0.767. The average molecular weight is 277 g/mol. The van der Waals surface area contributed by atoms with Crippen LogP contribution in [0, 0.1) is 6.92 Å². The highest BCUT2D eigenvalue weighted by Crippen LogP contribution is 2.30. The Morgan fingerprint density at radius 3 is 3.00 bits per heavy atom. The van der Waals surface area contributed by atoms with E-state index in [1.54, 1.807) is 0 Å². The molecule has 1 aromatic carbocycles. The van der Waals surface area contributed by atoms with Crippen molar-refractivity contribution in [2.24, 2.45) is 0 Å². The van der Waals surface area contributed by atoms with Crippen molar-refractivity contribution in [2.75, 3.05) is 6.54 Å². The van der Waals surface area contributed by atoms with Crippen LogP contribution >= 0.6 is 11.8 Å². The first kappa shape index (κ1) is 14.9. The van der Waals surface area contributed by atoms with Gasteiger partial charge in [-0.3, -0.25) is 0 Å². The van der Waals surface area contributed by atoms with Crippen LogP contribution in [-0.2, 0) is 5.75 Å². The maximum Gasteiger partial charge on any atom is 0.0187 e. The molecular weight excluding hydrogens is 250 g/mol. The quantitative estimate of drug-likeness (QED) is 0.819. The molecule has 2 atom stereocenters. The van der Waals surface area contributed by atoms with E-state index in [0.717, 1.165) is 11.3 Å². The van der Waals surface area contributed by atoms with Gasteiger partial charge in [0.15, 0.2) is 0 Å². The molecule has 0 aliphatic heterocycles. The zero-order chi connectivity index (χ0) is 13.5. The van der Waals surface area contributed by atoms with Crippen LogP contribution in [0.1, 0.15) is 50.2 Å². The van der Waals surface area contributed by atoms with Crippen molar-refractivity contribution in [3.05, 3.63) is 35.4 Å². The molecule has 1 aromatic rings. The van der Waals surface area contributed by atoms with Gasteiger partial charge in [0.25, 0.3) is 0 Å². The molecule has 2 heteroatoms. The SMILES string of the molecule is CCCNC1CCCC(SCc2cccc(C)c2)C1. The molecule has 1 aliphatic rings. The second-order valence-electron chi connectivity index (χ2n) is 5.74. The molecule has 0 heterocycles. The minimum Gasteiger partial charge on any atom is -0.314 e. The molecule has 0 spiro atoms. The fourth-order valence-corrected chi connectivity index (χ4v) is 4.16. The first-order valence-corrected chi connectivity index (χ1v) is 8.73. The van der Waals surface area contributed by atoms with Gasteiger partial charge in [-0.15, -0.1) is 0 Å². The molecule has 0 radical (unpaired) electrons. The summed E-state index contributed by atoms with van der Waals surface area (Å²) in [4.78, 5) is 0. The molecule has 1 fully saturated rings. The lowest BCUT2D eigenvalue weighted by molar-refractivity contribution is 0.381. The summed E-state index contributed by atoms with van der Waals surface area (Å²) in [5, 5.41) is 4.55. The van der Waals surface area contributed by atoms with Crippen LogP contribution in [-0.4, -0.2) is 17.8 Å². The van der Waals surface area contributed by atoms with Gasteiger partial charge in [0.1, 0.15) is 0 Å². The van der Waals surface area contributed by atoms with E-state index in [4.69, 9.17) is 0 Å². The second kappa shape index (κ2) is 7.96. The van der Waals surface area contributed by atoms with Crippen molar-refractivity contribution in [2.45, 2.75) is 63.0 Å². The lowest BCUT2D eigenvalue weighted by Crippen LogP contribution is -2.35. The molecular formula is C17H27NS. The van der Waals surface area contributed by atoms with Crippen molar-refractivity contribution in [3.63, 3.8) is 0 Å². The molecule has 1 saturated carbocycles. The van der Waals surface area contributed by atoms with Crippen LogP contribution in [0.15, 0.2) is 24.3 Å². The first-order valence-electron chi connectivity index (χ1n) is 7.68. The lowest BCUT2D eigenvalue weighted by Gasteiger charge is -2.29. The number of hydrogen-bond acceptors (Lipinski definition) is 2. The summed E-state index contributed by atoms with van der Waals surface area (Å²) in [6.07, 6.45) is 6.78. The van der Waals surface area contributed by atoms with Crippen LogP contribution in [0.3, 0.4) is 0 Å². The third-order valence-corrected chi connectivity index (χ3v) is 5.28. The lowest BCUT2D eigenvalue weighted by atomic mass is 9.95. The molecule has 1 aliphatic carbocycles. The van der Waals surface area contributed by atoms with E-state index in [2.05, 4.69) is 55.2 Å². The van der Waals surface area contributed by atoms with Gasteiger partial charge in [-0.25, -0.2) is 0 Å². The van der Waals surface area contributed by atoms with Crippen molar-refractivity contribution in [3.8, 4) is 0 Å². The summed E-state index contributed by atoms with van der Waals surface area (Å²) < 4.78 is 0. The Labute approximate surface area is 122 Å². The van der Waals surface area contributed by atoms with Crippen molar-refractivity contribution >= 4 is 11.8 Å². The second-order valence-corrected chi connectivity index (χ2v) is 7.03. The molecule has 1 nitrogen and oxygen atoms in total. The Morgan fingerprint density at radius 1 is 1.32 bits per heavy atom. The van der Waals surface area contributed by atoms with Crippen LogP contribution in [0.25, 0.3) is 0 Å². The predicted octanol–water partition coefficient (Wildman–Crippen LogP) is 4.54. The smallest absolute Gasteiger partial charge is 0.0187 e.